The monoisotopic (exact) mass is 193 g/mol. The molecule has 15 heavy (non-hydrogen) atoms. The summed E-state index contributed by atoms with van der Waals surface area (Å²) in [5.74, 6) is 0.485. The molecule has 1 aliphatic rings. The predicted octanol–water partition coefficient (Wildman–Crippen LogP) is 2.47. The molecular formula is C13H12BN. The Kier molecular flexibility index (Phi) is 1.81. The third-order valence-electron chi connectivity index (χ3n) is 3.12. The molecule has 0 bridgehead atoms. The molecule has 0 unspecified atom stereocenters. The van der Waals surface area contributed by atoms with Gasteiger partial charge in [0, 0.05) is 11.4 Å². The molecule has 0 atom stereocenters. The van der Waals surface area contributed by atoms with Gasteiger partial charge < -0.3 is 5.32 Å². The van der Waals surface area contributed by atoms with Gasteiger partial charge in [-0.05, 0) is 29.1 Å². The normalized spacial score (nSPS) is 13.9. The van der Waals surface area contributed by atoms with E-state index in [1.165, 1.54) is 22.5 Å². The minimum absolute atomic E-state index is 0.485. The summed E-state index contributed by atoms with van der Waals surface area (Å²) in [6, 6.07) is 17.0. The first-order valence-electron chi connectivity index (χ1n) is 5.31. The van der Waals surface area contributed by atoms with Crippen LogP contribution in [0.2, 0.25) is 0 Å². The summed E-state index contributed by atoms with van der Waals surface area (Å²) in [6.45, 7) is 0. The third-order valence-corrected chi connectivity index (χ3v) is 3.12. The van der Waals surface area contributed by atoms with E-state index < -0.39 is 0 Å². The van der Waals surface area contributed by atoms with Crippen molar-refractivity contribution in [3.05, 3.63) is 59.7 Å². The van der Waals surface area contributed by atoms with Crippen molar-refractivity contribution in [3.8, 4) is 0 Å². The van der Waals surface area contributed by atoms with Crippen molar-refractivity contribution < 1.29 is 0 Å². The predicted molar refractivity (Wildman–Crippen MR) is 66.6 cm³/mol. The Labute approximate surface area is 90.5 Å². The molecule has 0 saturated carbocycles. The van der Waals surface area contributed by atoms with Gasteiger partial charge in [-0.2, -0.15) is 0 Å². The number of fused-ring (bicyclic) bond motifs is 2. The molecule has 1 aliphatic heterocycles. The van der Waals surface area contributed by atoms with E-state index in [9.17, 15) is 0 Å². The lowest BCUT2D eigenvalue weighted by Crippen LogP contribution is -2.12. The van der Waals surface area contributed by atoms with Crippen LogP contribution in [0.5, 0.6) is 0 Å². The Balaban J connectivity index is 2.20. The second kappa shape index (κ2) is 3.16. The van der Waals surface area contributed by atoms with Crippen molar-refractivity contribution in [1.82, 2.24) is 0 Å². The molecule has 72 valence electrons. The van der Waals surface area contributed by atoms with Gasteiger partial charge in [0.1, 0.15) is 7.85 Å². The summed E-state index contributed by atoms with van der Waals surface area (Å²) in [7, 11) is 2.26. The Morgan fingerprint density at radius 2 is 1.27 bits per heavy atom. The van der Waals surface area contributed by atoms with Crippen molar-refractivity contribution in [2.24, 2.45) is 0 Å². The van der Waals surface area contributed by atoms with Crippen LogP contribution < -0.4 is 5.32 Å². The average Bonchev–Trinajstić information content (AvgIpc) is 2.30. The van der Waals surface area contributed by atoms with Crippen LogP contribution >= 0.6 is 0 Å². The van der Waals surface area contributed by atoms with Gasteiger partial charge in [-0.25, -0.2) is 0 Å². The van der Waals surface area contributed by atoms with Crippen molar-refractivity contribution in [2.45, 2.75) is 5.82 Å². The SMILES string of the molecule is BC1c2ccccc2Nc2ccccc21. The first kappa shape index (κ1) is 8.60. The number of rotatable bonds is 0. The maximum atomic E-state index is 3.47. The summed E-state index contributed by atoms with van der Waals surface area (Å²) in [5, 5.41) is 3.47. The molecule has 2 heteroatoms. The highest BCUT2D eigenvalue weighted by molar-refractivity contribution is 6.16. The fourth-order valence-corrected chi connectivity index (χ4v) is 2.29. The Morgan fingerprint density at radius 1 is 0.800 bits per heavy atom. The maximum Gasteiger partial charge on any atom is 0.117 e. The molecule has 0 aromatic heterocycles. The van der Waals surface area contributed by atoms with Gasteiger partial charge in [-0.3, -0.25) is 0 Å². The van der Waals surface area contributed by atoms with E-state index in [1.54, 1.807) is 0 Å². The zero-order valence-corrected chi connectivity index (χ0v) is 8.70. The molecule has 0 radical (unpaired) electrons. The molecule has 0 saturated heterocycles. The lowest BCUT2D eigenvalue weighted by molar-refractivity contribution is 1.11. The van der Waals surface area contributed by atoms with Gasteiger partial charge >= 0.3 is 0 Å². The summed E-state index contributed by atoms with van der Waals surface area (Å²) in [6.07, 6.45) is 0. The van der Waals surface area contributed by atoms with Crippen molar-refractivity contribution in [1.29, 1.82) is 0 Å². The molecule has 3 rings (SSSR count). The molecule has 0 amide bonds. The van der Waals surface area contributed by atoms with Gasteiger partial charge in [0.25, 0.3) is 0 Å². The third kappa shape index (κ3) is 1.25. The standard InChI is InChI=1S/C13H12BN/c14-13-9-5-1-3-7-11(9)15-12-8-4-2-6-10(12)13/h1-8,13,15H,14H2. The maximum absolute atomic E-state index is 3.47. The van der Waals surface area contributed by atoms with E-state index in [4.69, 9.17) is 0 Å². The average molecular weight is 193 g/mol. The van der Waals surface area contributed by atoms with E-state index in [1.807, 2.05) is 0 Å². The fraction of sp³-hybridized carbons (Fsp3) is 0.0769. The number of hydrogen-bond donors (Lipinski definition) is 1. The van der Waals surface area contributed by atoms with Gasteiger partial charge in [0.05, 0.1) is 0 Å². The van der Waals surface area contributed by atoms with Crippen LogP contribution in [0.1, 0.15) is 16.9 Å². The van der Waals surface area contributed by atoms with E-state index in [-0.39, 0.29) is 0 Å². The largest absolute Gasteiger partial charge is 0.355 e. The second-order valence-corrected chi connectivity index (χ2v) is 4.02. The minimum atomic E-state index is 0.485. The second-order valence-electron chi connectivity index (χ2n) is 4.02. The van der Waals surface area contributed by atoms with Crippen molar-refractivity contribution in [2.75, 3.05) is 5.32 Å². The molecule has 2 aromatic carbocycles. The van der Waals surface area contributed by atoms with Gasteiger partial charge in [0.2, 0.25) is 0 Å². The number of benzene rings is 2. The Morgan fingerprint density at radius 3 is 1.80 bits per heavy atom. The van der Waals surface area contributed by atoms with Crippen molar-refractivity contribution in [3.63, 3.8) is 0 Å². The number of nitrogens with one attached hydrogen (secondary N) is 1. The summed E-state index contributed by atoms with van der Waals surface area (Å²) < 4.78 is 0. The van der Waals surface area contributed by atoms with Crippen LogP contribution in [-0.4, -0.2) is 7.85 Å². The molecule has 1 heterocycles. The van der Waals surface area contributed by atoms with Crippen LogP contribution in [0, 0.1) is 0 Å². The molecular weight excluding hydrogens is 181 g/mol. The lowest BCUT2D eigenvalue weighted by atomic mass is 9.73. The first-order chi connectivity index (χ1) is 7.36. The summed E-state index contributed by atoms with van der Waals surface area (Å²) >= 11 is 0. The van der Waals surface area contributed by atoms with Crippen molar-refractivity contribution >= 4 is 19.2 Å². The van der Waals surface area contributed by atoms with Gasteiger partial charge in [0.15, 0.2) is 0 Å². The highest BCUT2D eigenvalue weighted by atomic mass is 14.9. The zero-order valence-electron chi connectivity index (χ0n) is 8.70. The van der Waals surface area contributed by atoms with Crippen LogP contribution in [-0.2, 0) is 0 Å². The molecule has 1 nitrogen and oxygen atoms in total. The molecule has 1 N–H and O–H groups in total. The van der Waals surface area contributed by atoms with Crippen LogP contribution in [0.3, 0.4) is 0 Å². The quantitative estimate of drug-likeness (QED) is 0.633. The van der Waals surface area contributed by atoms with E-state index in [2.05, 4.69) is 61.7 Å². The highest BCUT2D eigenvalue weighted by Crippen LogP contribution is 2.38. The molecule has 2 aromatic rings. The molecule has 0 spiro atoms. The van der Waals surface area contributed by atoms with Crippen LogP contribution in [0.25, 0.3) is 0 Å². The number of hydrogen-bond acceptors (Lipinski definition) is 1. The van der Waals surface area contributed by atoms with Gasteiger partial charge in [-0.15, -0.1) is 0 Å². The Hall–Kier alpha value is -1.70. The van der Waals surface area contributed by atoms with Gasteiger partial charge in [-0.1, -0.05) is 36.4 Å². The Bertz CT molecular complexity index is 462. The van der Waals surface area contributed by atoms with Crippen LogP contribution in [0.15, 0.2) is 48.5 Å². The number of anilines is 2. The van der Waals surface area contributed by atoms with E-state index in [0.29, 0.717) is 5.82 Å². The summed E-state index contributed by atoms with van der Waals surface area (Å²) in [5.41, 5.74) is 5.25. The zero-order chi connectivity index (χ0) is 10.3. The molecule has 0 aliphatic carbocycles. The topological polar surface area (TPSA) is 12.0 Å². The fourth-order valence-electron chi connectivity index (χ4n) is 2.29. The van der Waals surface area contributed by atoms with E-state index in [0.717, 1.165) is 0 Å². The minimum Gasteiger partial charge on any atom is -0.355 e. The molecule has 0 fully saturated rings. The smallest absolute Gasteiger partial charge is 0.117 e. The highest BCUT2D eigenvalue weighted by Gasteiger charge is 2.20. The summed E-state index contributed by atoms with van der Waals surface area (Å²) in [4.78, 5) is 0. The number of para-hydroxylation sites is 2. The van der Waals surface area contributed by atoms with Crippen LogP contribution in [0.4, 0.5) is 11.4 Å². The van der Waals surface area contributed by atoms with E-state index >= 15 is 0 Å². The first-order valence-corrected chi connectivity index (χ1v) is 5.31. The lowest BCUT2D eigenvalue weighted by Gasteiger charge is -2.26.